The normalized spacial score (nSPS) is 10.8. The quantitative estimate of drug-likeness (QED) is 0.628. The van der Waals surface area contributed by atoms with Crippen molar-refractivity contribution in [3.8, 4) is 0 Å². The topological polar surface area (TPSA) is 22.0 Å². The highest BCUT2D eigenvalue weighted by molar-refractivity contribution is 5.79. The SMILES string of the molecule is Cn1ccc(=O)c2cc(F)cc(F)c21. The molecule has 14 heavy (non-hydrogen) atoms. The van der Waals surface area contributed by atoms with E-state index in [2.05, 4.69) is 0 Å². The van der Waals surface area contributed by atoms with Crippen molar-refractivity contribution in [2.24, 2.45) is 7.05 Å². The van der Waals surface area contributed by atoms with Crippen LogP contribution >= 0.6 is 0 Å². The van der Waals surface area contributed by atoms with E-state index in [1.54, 1.807) is 7.05 Å². The highest BCUT2D eigenvalue weighted by Crippen LogP contribution is 2.15. The van der Waals surface area contributed by atoms with Crippen LogP contribution in [0.3, 0.4) is 0 Å². The van der Waals surface area contributed by atoms with E-state index >= 15 is 0 Å². The van der Waals surface area contributed by atoms with Crippen LogP contribution < -0.4 is 5.43 Å². The first kappa shape index (κ1) is 8.87. The van der Waals surface area contributed by atoms with Crippen molar-refractivity contribution < 1.29 is 8.78 Å². The molecule has 0 amide bonds. The Morgan fingerprint density at radius 3 is 2.71 bits per heavy atom. The van der Waals surface area contributed by atoms with Crippen LogP contribution in [0.5, 0.6) is 0 Å². The molecule has 0 aliphatic heterocycles. The molecule has 4 heteroatoms. The molecule has 0 bridgehead atoms. The molecule has 2 rings (SSSR count). The molecule has 0 unspecified atom stereocenters. The second-order valence-electron chi connectivity index (χ2n) is 3.07. The molecule has 1 aromatic carbocycles. The Morgan fingerprint density at radius 2 is 2.00 bits per heavy atom. The molecule has 0 aliphatic rings. The molecular formula is C10H7F2NO. The Kier molecular flexibility index (Phi) is 1.84. The monoisotopic (exact) mass is 195 g/mol. The van der Waals surface area contributed by atoms with E-state index in [0.29, 0.717) is 0 Å². The maximum Gasteiger partial charge on any atom is 0.189 e. The second kappa shape index (κ2) is 2.90. The van der Waals surface area contributed by atoms with E-state index in [1.165, 1.54) is 16.8 Å². The summed E-state index contributed by atoms with van der Waals surface area (Å²) in [4.78, 5) is 11.3. The number of aromatic nitrogens is 1. The van der Waals surface area contributed by atoms with E-state index in [1.807, 2.05) is 0 Å². The fourth-order valence-corrected chi connectivity index (χ4v) is 1.46. The fraction of sp³-hybridized carbons (Fsp3) is 0.100. The predicted octanol–water partition coefficient (Wildman–Crippen LogP) is 1.82. The average Bonchev–Trinajstić information content (AvgIpc) is 2.10. The molecule has 2 aromatic rings. The molecule has 0 spiro atoms. The van der Waals surface area contributed by atoms with Crippen LogP contribution in [-0.2, 0) is 7.05 Å². The Labute approximate surface area is 78.4 Å². The van der Waals surface area contributed by atoms with Gasteiger partial charge in [0.1, 0.15) is 11.6 Å². The van der Waals surface area contributed by atoms with Crippen molar-refractivity contribution >= 4 is 10.9 Å². The van der Waals surface area contributed by atoms with Gasteiger partial charge in [-0.3, -0.25) is 4.79 Å². The van der Waals surface area contributed by atoms with Crippen LogP contribution in [0.25, 0.3) is 10.9 Å². The first-order valence-electron chi connectivity index (χ1n) is 4.04. The summed E-state index contributed by atoms with van der Waals surface area (Å²) in [7, 11) is 1.60. The number of hydrogen-bond donors (Lipinski definition) is 0. The summed E-state index contributed by atoms with van der Waals surface area (Å²) < 4.78 is 27.6. The largest absolute Gasteiger partial charge is 0.348 e. The zero-order valence-corrected chi connectivity index (χ0v) is 7.42. The number of hydrogen-bond acceptors (Lipinski definition) is 1. The third-order valence-electron chi connectivity index (χ3n) is 2.10. The van der Waals surface area contributed by atoms with Crippen molar-refractivity contribution in [1.29, 1.82) is 0 Å². The van der Waals surface area contributed by atoms with Crippen LogP contribution in [-0.4, -0.2) is 4.57 Å². The first-order valence-corrected chi connectivity index (χ1v) is 4.04. The first-order chi connectivity index (χ1) is 6.59. The molecule has 0 N–H and O–H groups in total. The standard InChI is InChI=1S/C10H7F2NO/c1-13-3-2-9(14)7-4-6(11)5-8(12)10(7)13/h2-5H,1H3. The van der Waals surface area contributed by atoms with Crippen LogP contribution in [0.1, 0.15) is 0 Å². The Hall–Kier alpha value is -1.71. The lowest BCUT2D eigenvalue weighted by molar-refractivity contribution is 0.587. The fourth-order valence-electron chi connectivity index (χ4n) is 1.46. The highest BCUT2D eigenvalue weighted by atomic mass is 19.1. The Bertz CT molecular complexity index is 560. The zero-order chi connectivity index (χ0) is 10.3. The number of aryl methyl sites for hydroxylation is 1. The van der Waals surface area contributed by atoms with Crippen LogP contribution in [0.4, 0.5) is 8.78 Å². The van der Waals surface area contributed by atoms with Crippen LogP contribution in [0, 0.1) is 11.6 Å². The van der Waals surface area contributed by atoms with Gasteiger partial charge in [0.2, 0.25) is 0 Å². The molecule has 0 atom stereocenters. The second-order valence-corrected chi connectivity index (χ2v) is 3.07. The molecule has 0 saturated heterocycles. The summed E-state index contributed by atoms with van der Waals surface area (Å²) in [5.41, 5.74) is -0.254. The lowest BCUT2D eigenvalue weighted by atomic mass is 10.2. The number of rotatable bonds is 0. The number of nitrogens with zero attached hydrogens (tertiary/aromatic N) is 1. The number of pyridine rings is 1. The smallest absolute Gasteiger partial charge is 0.189 e. The van der Waals surface area contributed by atoms with Gasteiger partial charge in [-0.2, -0.15) is 0 Å². The van der Waals surface area contributed by atoms with E-state index in [0.717, 1.165) is 12.1 Å². The van der Waals surface area contributed by atoms with Crippen LogP contribution in [0.15, 0.2) is 29.2 Å². The maximum atomic E-state index is 13.3. The van der Waals surface area contributed by atoms with E-state index in [4.69, 9.17) is 0 Å². The highest BCUT2D eigenvalue weighted by Gasteiger charge is 2.08. The maximum absolute atomic E-state index is 13.3. The molecule has 2 nitrogen and oxygen atoms in total. The van der Waals surface area contributed by atoms with Crippen molar-refractivity contribution in [3.05, 3.63) is 46.3 Å². The van der Waals surface area contributed by atoms with Gasteiger partial charge >= 0.3 is 0 Å². The van der Waals surface area contributed by atoms with Gasteiger partial charge in [0.05, 0.1) is 10.9 Å². The minimum absolute atomic E-state index is 0.0625. The van der Waals surface area contributed by atoms with E-state index < -0.39 is 11.6 Å². The third kappa shape index (κ3) is 1.19. The van der Waals surface area contributed by atoms with Crippen molar-refractivity contribution in [2.75, 3.05) is 0 Å². The molecule has 72 valence electrons. The summed E-state index contributed by atoms with van der Waals surface area (Å²) in [6.07, 6.45) is 1.45. The molecule has 0 fully saturated rings. The zero-order valence-electron chi connectivity index (χ0n) is 7.42. The third-order valence-corrected chi connectivity index (χ3v) is 2.10. The predicted molar refractivity (Wildman–Crippen MR) is 49.1 cm³/mol. The number of benzene rings is 1. The van der Waals surface area contributed by atoms with Gasteiger partial charge in [-0.1, -0.05) is 0 Å². The van der Waals surface area contributed by atoms with E-state index in [9.17, 15) is 13.6 Å². The molecule has 0 saturated carbocycles. The van der Waals surface area contributed by atoms with Crippen molar-refractivity contribution in [1.82, 2.24) is 4.57 Å². The van der Waals surface area contributed by atoms with E-state index in [-0.39, 0.29) is 16.3 Å². The van der Waals surface area contributed by atoms with Crippen LogP contribution in [0.2, 0.25) is 0 Å². The Balaban J connectivity index is 3.08. The number of halogens is 2. The summed E-state index contributed by atoms with van der Waals surface area (Å²) >= 11 is 0. The van der Waals surface area contributed by atoms with Gasteiger partial charge in [0, 0.05) is 25.4 Å². The van der Waals surface area contributed by atoms with Gasteiger partial charge in [-0.15, -0.1) is 0 Å². The average molecular weight is 195 g/mol. The van der Waals surface area contributed by atoms with Gasteiger partial charge < -0.3 is 4.57 Å². The van der Waals surface area contributed by atoms with Gasteiger partial charge in [0.25, 0.3) is 0 Å². The van der Waals surface area contributed by atoms with Crippen molar-refractivity contribution in [2.45, 2.75) is 0 Å². The minimum atomic E-state index is -0.738. The molecule has 1 heterocycles. The van der Waals surface area contributed by atoms with Crippen molar-refractivity contribution in [3.63, 3.8) is 0 Å². The summed E-state index contributed by atoms with van der Waals surface area (Å²) in [5.74, 6) is -1.46. The molecule has 0 radical (unpaired) electrons. The Morgan fingerprint density at radius 1 is 1.29 bits per heavy atom. The summed E-state index contributed by atoms with van der Waals surface area (Å²) in [6.45, 7) is 0. The lowest BCUT2D eigenvalue weighted by Crippen LogP contribution is -2.07. The molecule has 0 aliphatic carbocycles. The molecule has 1 aromatic heterocycles. The van der Waals surface area contributed by atoms with Gasteiger partial charge in [0.15, 0.2) is 5.43 Å². The molecular weight excluding hydrogens is 188 g/mol. The van der Waals surface area contributed by atoms with Gasteiger partial charge in [-0.05, 0) is 6.07 Å². The lowest BCUT2D eigenvalue weighted by Gasteiger charge is -2.05. The van der Waals surface area contributed by atoms with Gasteiger partial charge in [-0.25, -0.2) is 8.78 Å². The number of fused-ring (bicyclic) bond motifs is 1. The summed E-state index contributed by atoms with van der Waals surface area (Å²) in [6, 6.07) is 3.09. The minimum Gasteiger partial charge on any atom is -0.348 e. The summed E-state index contributed by atoms with van der Waals surface area (Å²) in [5, 5.41) is 0.0625.